The quantitative estimate of drug-likeness (QED) is 0.201. The van der Waals surface area contributed by atoms with Crippen molar-refractivity contribution < 1.29 is 85.1 Å². The van der Waals surface area contributed by atoms with Crippen LogP contribution in [-0.2, 0) is 11.4 Å². The summed E-state index contributed by atoms with van der Waals surface area (Å²) in [4.78, 5) is 0.389. The van der Waals surface area contributed by atoms with E-state index in [-0.39, 0.29) is 95.6 Å². The predicted molar refractivity (Wildman–Crippen MR) is 102 cm³/mol. The van der Waals surface area contributed by atoms with E-state index in [1.165, 1.54) is 36.4 Å². The van der Waals surface area contributed by atoms with E-state index in [1.807, 2.05) is 0 Å². The Kier molecular flexibility index (Phi) is 10.3. The molecule has 1 unspecified atom stereocenters. The molecule has 3 aromatic rings. The normalized spacial score (nSPS) is 11.7. The number of phenols is 2. The zero-order valence-electron chi connectivity index (χ0n) is 16.8. The fourth-order valence-corrected chi connectivity index (χ4v) is 2.89. The topological polar surface area (TPSA) is 115 Å². The van der Waals surface area contributed by atoms with Gasteiger partial charge in [0, 0.05) is 15.7 Å². The van der Waals surface area contributed by atoms with E-state index in [4.69, 9.17) is 11.6 Å². The van der Waals surface area contributed by atoms with Crippen molar-refractivity contribution in [2.45, 2.75) is 4.90 Å². The first kappa shape index (κ1) is 25.7. The molecule has 0 saturated heterocycles. The molecule has 1 atom stereocenters. The third-order valence-corrected chi connectivity index (χ3v) is 4.57. The van der Waals surface area contributed by atoms with Crippen molar-refractivity contribution in [3.8, 4) is 17.2 Å². The number of halogens is 1. The second kappa shape index (κ2) is 11.2. The molecule has 12 heteroatoms. The summed E-state index contributed by atoms with van der Waals surface area (Å²) in [5.41, 5.74) is 0.217. The van der Waals surface area contributed by atoms with Gasteiger partial charge >= 0.3 is 59.1 Å². The summed E-state index contributed by atoms with van der Waals surface area (Å²) in [6.07, 6.45) is 0. The number of azo groups is 1. The number of hydrogen-bond acceptors (Lipinski definition) is 8. The summed E-state index contributed by atoms with van der Waals surface area (Å²) < 4.78 is 26.2. The van der Waals surface area contributed by atoms with Crippen molar-refractivity contribution in [2.75, 3.05) is 0 Å². The molecule has 0 radical (unpaired) electrons. The van der Waals surface area contributed by atoms with Crippen molar-refractivity contribution in [1.82, 2.24) is 0 Å². The molecular formula is C16H12ClN2Na2O5S2-. The van der Waals surface area contributed by atoms with Gasteiger partial charge in [-0.1, -0.05) is 23.7 Å². The molecule has 0 spiro atoms. The van der Waals surface area contributed by atoms with Gasteiger partial charge in [-0.15, -0.1) is 22.9 Å². The van der Waals surface area contributed by atoms with Crippen molar-refractivity contribution >= 4 is 57.7 Å². The summed E-state index contributed by atoms with van der Waals surface area (Å²) in [5, 5.41) is 29.1. The molecule has 7 nitrogen and oxygen atoms in total. The van der Waals surface area contributed by atoms with Crippen LogP contribution < -0.4 is 63.3 Å². The minimum atomic E-state index is -2.74. The minimum absolute atomic E-state index is 0. The summed E-state index contributed by atoms with van der Waals surface area (Å²) in [6, 6.07) is 10.2. The van der Waals surface area contributed by atoms with Gasteiger partial charge in [0.1, 0.15) is 34.2 Å². The van der Waals surface area contributed by atoms with Gasteiger partial charge in [-0.05, 0) is 30.3 Å². The van der Waals surface area contributed by atoms with Crippen molar-refractivity contribution in [2.24, 2.45) is 10.2 Å². The molecule has 0 heterocycles. The Hall–Kier alpha value is -0.330. The summed E-state index contributed by atoms with van der Waals surface area (Å²) in [5.74, 6) is -0.315. The average Bonchev–Trinajstić information content (AvgIpc) is 2.58. The Morgan fingerprint density at radius 3 is 2.43 bits per heavy atom. The average molecular weight is 458 g/mol. The Balaban J connectivity index is 0. The smallest absolute Gasteiger partial charge is 1.00 e. The molecule has 2 N–H and O–H groups in total. The summed E-state index contributed by atoms with van der Waals surface area (Å²) in [7, 11) is 0. The molecule has 0 aliphatic rings. The molecule has 0 bridgehead atoms. The molecule has 0 amide bonds. The van der Waals surface area contributed by atoms with Crippen LogP contribution >= 0.6 is 24.2 Å². The first-order valence-electron chi connectivity index (χ1n) is 7.02. The number of fused-ring (bicyclic) bond motifs is 1. The van der Waals surface area contributed by atoms with Gasteiger partial charge in [-0.3, -0.25) is 0 Å². The van der Waals surface area contributed by atoms with Crippen LogP contribution in [0.15, 0.2) is 57.6 Å². The van der Waals surface area contributed by atoms with Crippen LogP contribution in [-0.4, -0.2) is 19.0 Å². The Morgan fingerprint density at radius 1 is 1.07 bits per heavy atom. The number of phenolic OH excluding ortho intramolecular Hbond substituents is 2. The van der Waals surface area contributed by atoms with Crippen molar-refractivity contribution in [3.63, 3.8) is 0 Å². The maximum atomic E-state index is 10.7. The van der Waals surface area contributed by atoms with E-state index < -0.39 is 11.4 Å². The largest absolute Gasteiger partial charge is 1.00 e. The Morgan fingerprint density at radius 2 is 1.75 bits per heavy atom. The van der Waals surface area contributed by atoms with E-state index in [9.17, 15) is 19.0 Å². The van der Waals surface area contributed by atoms with Gasteiger partial charge in [0.05, 0.1) is 5.02 Å². The molecule has 3 aromatic carbocycles. The standard InChI is InChI=1S/C16H11ClN2O5S2.2Na.2H/c17-10-6-12(13(20)7-15(10)25)19-18-11-5-4-8-9(16(11)21)2-1-3-14(8)24-26(22)23;;;;/h1-7,20-21,25H,(H,22,23);;;;/q;2*+1;2*-1/p-1. The van der Waals surface area contributed by atoms with Crippen LogP contribution in [0, 0.1) is 0 Å². The summed E-state index contributed by atoms with van der Waals surface area (Å²) in [6.45, 7) is 0. The Labute approximate surface area is 220 Å². The molecular weight excluding hydrogens is 446 g/mol. The number of rotatable bonds is 4. The number of nitrogens with zero attached hydrogens (tertiary/aromatic N) is 2. The SMILES string of the molecule is O=S([O-])Oc1cccc2c(O)c(N=Nc3cc(Cl)c(S)cc3O)ccc12.[H-].[H-].[Na+].[Na+]. The Bertz CT molecular complexity index is 1080. The first-order valence-corrected chi connectivity index (χ1v) is 8.85. The van der Waals surface area contributed by atoms with E-state index in [2.05, 4.69) is 27.0 Å². The second-order valence-electron chi connectivity index (χ2n) is 5.06. The van der Waals surface area contributed by atoms with Crippen LogP contribution in [0.5, 0.6) is 17.2 Å². The third kappa shape index (κ3) is 5.85. The van der Waals surface area contributed by atoms with Crippen molar-refractivity contribution in [3.05, 3.63) is 47.5 Å². The van der Waals surface area contributed by atoms with Crippen LogP contribution in [0.25, 0.3) is 10.8 Å². The third-order valence-electron chi connectivity index (χ3n) is 3.44. The van der Waals surface area contributed by atoms with Gasteiger partial charge in [-0.25, -0.2) is 4.21 Å². The first-order chi connectivity index (χ1) is 12.4. The minimum Gasteiger partial charge on any atom is -1.00 e. The van der Waals surface area contributed by atoms with E-state index >= 15 is 0 Å². The van der Waals surface area contributed by atoms with E-state index in [0.717, 1.165) is 0 Å². The van der Waals surface area contributed by atoms with Crippen LogP contribution in [0.1, 0.15) is 2.85 Å². The molecule has 3 rings (SSSR count). The second-order valence-corrected chi connectivity index (χ2v) is 6.53. The van der Waals surface area contributed by atoms with Gasteiger partial charge in [0.25, 0.3) is 0 Å². The van der Waals surface area contributed by atoms with Gasteiger partial charge in [-0.2, -0.15) is 0 Å². The molecule has 138 valence electrons. The van der Waals surface area contributed by atoms with Crippen molar-refractivity contribution in [1.29, 1.82) is 0 Å². The molecule has 0 saturated carbocycles. The van der Waals surface area contributed by atoms with Crippen LogP contribution in [0.2, 0.25) is 5.02 Å². The fourth-order valence-electron chi connectivity index (χ4n) is 2.26. The molecule has 0 aromatic heterocycles. The molecule has 0 fully saturated rings. The number of benzene rings is 3. The van der Waals surface area contributed by atoms with Gasteiger partial charge < -0.3 is 21.8 Å². The molecule has 0 aliphatic carbocycles. The zero-order valence-corrected chi connectivity index (χ0v) is 21.3. The van der Waals surface area contributed by atoms with E-state index in [0.29, 0.717) is 15.7 Å². The maximum absolute atomic E-state index is 10.7. The molecule has 28 heavy (non-hydrogen) atoms. The number of aromatic hydroxyl groups is 2. The van der Waals surface area contributed by atoms with Gasteiger partial charge in [0.15, 0.2) is 5.75 Å². The summed E-state index contributed by atoms with van der Waals surface area (Å²) >= 11 is 7.28. The van der Waals surface area contributed by atoms with E-state index in [1.54, 1.807) is 6.07 Å². The number of thiol groups is 1. The van der Waals surface area contributed by atoms with Crippen LogP contribution in [0.4, 0.5) is 11.4 Å². The monoisotopic (exact) mass is 457 g/mol. The van der Waals surface area contributed by atoms with Gasteiger partial charge in [0.2, 0.25) is 0 Å². The molecule has 0 aliphatic heterocycles. The maximum Gasteiger partial charge on any atom is 1.00 e. The fraction of sp³-hybridized carbons (Fsp3) is 0. The predicted octanol–water partition coefficient (Wildman–Crippen LogP) is -0.986. The van der Waals surface area contributed by atoms with Crippen LogP contribution in [0.3, 0.4) is 0 Å². The number of hydrogen-bond donors (Lipinski definition) is 3. The zero-order chi connectivity index (χ0) is 18.8.